The van der Waals surface area contributed by atoms with Crippen molar-refractivity contribution in [2.75, 3.05) is 16.8 Å². The number of carbonyl (C=O) groups excluding carboxylic acids is 1. The average molecular weight is 337 g/mol. The van der Waals surface area contributed by atoms with Gasteiger partial charge in [-0.2, -0.15) is 5.10 Å². The summed E-state index contributed by atoms with van der Waals surface area (Å²) in [4.78, 5) is 11.9. The average Bonchev–Trinajstić information content (AvgIpc) is 3.00. The van der Waals surface area contributed by atoms with Gasteiger partial charge in [-0.15, -0.1) is 0 Å². The maximum atomic E-state index is 11.9. The van der Waals surface area contributed by atoms with Gasteiger partial charge in [-0.25, -0.2) is 0 Å². The molecule has 3 aromatic rings. The molecule has 1 aromatic heterocycles. The fourth-order valence-corrected chi connectivity index (χ4v) is 2.20. The van der Waals surface area contributed by atoms with E-state index < -0.39 is 0 Å². The molecule has 6 heteroatoms. The molecule has 0 saturated heterocycles. The summed E-state index contributed by atoms with van der Waals surface area (Å²) in [6.45, 7) is 3.89. The summed E-state index contributed by atoms with van der Waals surface area (Å²) in [5, 5.41) is 6.78. The highest BCUT2D eigenvalue weighted by atomic mass is 16.2. The SMILES string of the molecule is Cc1cc(N)ccc1NC(=O)c1ccnn1C.Cc1ccccc1N. The molecule has 0 aliphatic heterocycles. The van der Waals surface area contributed by atoms with Crippen molar-refractivity contribution in [3.63, 3.8) is 0 Å². The van der Waals surface area contributed by atoms with E-state index in [2.05, 4.69) is 10.4 Å². The van der Waals surface area contributed by atoms with Crippen LogP contribution in [-0.2, 0) is 7.05 Å². The molecule has 6 nitrogen and oxygen atoms in total. The third-order valence-electron chi connectivity index (χ3n) is 3.74. The number of amides is 1. The first kappa shape index (κ1) is 18.1. The highest BCUT2D eigenvalue weighted by Gasteiger charge is 2.10. The summed E-state index contributed by atoms with van der Waals surface area (Å²) >= 11 is 0. The van der Waals surface area contributed by atoms with Gasteiger partial charge in [-0.3, -0.25) is 9.48 Å². The fraction of sp³-hybridized carbons (Fsp3) is 0.158. The minimum absolute atomic E-state index is 0.183. The van der Waals surface area contributed by atoms with Crippen molar-refractivity contribution < 1.29 is 4.79 Å². The molecule has 1 amide bonds. The summed E-state index contributed by atoms with van der Waals surface area (Å²) in [6, 6.07) is 14.8. The predicted octanol–water partition coefficient (Wildman–Crippen LogP) is 3.14. The zero-order valence-corrected chi connectivity index (χ0v) is 14.7. The van der Waals surface area contributed by atoms with Crippen LogP contribution in [0.15, 0.2) is 54.7 Å². The summed E-state index contributed by atoms with van der Waals surface area (Å²) in [5.41, 5.74) is 16.1. The number of nitrogen functional groups attached to an aromatic ring is 2. The molecule has 0 saturated carbocycles. The maximum absolute atomic E-state index is 11.9. The number of nitrogens with zero attached hydrogens (tertiary/aromatic N) is 2. The van der Waals surface area contributed by atoms with Gasteiger partial charge in [-0.1, -0.05) is 18.2 Å². The van der Waals surface area contributed by atoms with Gasteiger partial charge in [-0.05, 0) is 55.3 Å². The van der Waals surface area contributed by atoms with Crippen molar-refractivity contribution in [1.82, 2.24) is 9.78 Å². The first-order chi connectivity index (χ1) is 11.9. The summed E-state index contributed by atoms with van der Waals surface area (Å²) in [5.74, 6) is -0.183. The number of para-hydroxylation sites is 1. The second-order valence-corrected chi connectivity index (χ2v) is 5.73. The van der Waals surface area contributed by atoms with E-state index in [-0.39, 0.29) is 5.91 Å². The van der Waals surface area contributed by atoms with E-state index in [1.807, 2.05) is 44.2 Å². The van der Waals surface area contributed by atoms with Gasteiger partial charge in [0.1, 0.15) is 5.69 Å². The number of nitrogens with two attached hydrogens (primary N) is 2. The molecule has 0 unspecified atom stereocenters. The maximum Gasteiger partial charge on any atom is 0.273 e. The Balaban J connectivity index is 0.000000236. The number of carbonyl (C=O) groups is 1. The Morgan fingerprint density at radius 1 is 1.04 bits per heavy atom. The molecular weight excluding hydrogens is 314 g/mol. The third kappa shape index (κ3) is 4.84. The number of anilines is 3. The van der Waals surface area contributed by atoms with Gasteiger partial charge in [0.2, 0.25) is 0 Å². The number of rotatable bonds is 2. The number of nitrogens with one attached hydrogen (secondary N) is 1. The van der Waals surface area contributed by atoms with Gasteiger partial charge in [0, 0.05) is 30.3 Å². The zero-order chi connectivity index (χ0) is 18.4. The molecule has 0 radical (unpaired) electrons. The Bertz CT molecular complexity index is 849. The van der Waals surface area contributed by atoms with Crippen LogP contribution in [0.1, 0.15) is 21.6 Å². The molecule has 5 N–H and O–H groups in total. The summed E-state index contributed by atoms with van der Waals surface area (Å²) in [7, 11) is 1.73. The monoisotopic (exact) mass is 337 g/mol. The van der Waals surface area contributed by atoms with Crippen LogP contribution in [0.2, 0.25) is 0 Å². The van der Waals surface area contributed by atoms with E-state index in [0.29, 0.717) is 11.4 Å². The number of aryl methyl sites for hydroxylation is 3. The molecule has 1 heterocycles. The van der Waals surface area contributed by atoms with Crippen LogP contribution in [0.5, 0.6) is 0 Å². The third-order valence-corrected chi connectivity index (χ3v) is 3.74. The van der Waals surface area contributed by atoms with Crippen LogP contribution in [0.3, 0.4) is 0 Å². The van der Waals surface area contributed by atoms with Gasteiger partial charge >= 0.3 is 0 Å². The first-order valence-corrected chi connectivity index (χ1v) is 7.85. The molecule has 0 spiro atoms. The van der Waals surface area contributed by atoms with E-state index >= 15 is 0 Å². The minimum atomic E-state index is -0.183. The van der Waals surface area contributed by atoms with Crippen LogP contribution in [0.25, 0.3) is 0 Å². The van der Waals surface area contributed by atoms with Crippen molar-refractivity contribution in [2.24, 2.45) is 7.05 Å². The number of hydrogen-bond donors (Lipinski definition) is 3. The Hall–Kier alpha value is -3.28. The molecule has 0 fully saturated rings. The molecule has 130 valence electrons. The lowest BCUT2D eigenvalue weighted by Gasteiger charge is -2.08. The minimum Gasteiger partial charge on any atom is -0.399 e. The second kappa shape index (κ2) is 8.01. The normalized spacial score (nSPS) is 9.88. The zero-order valence-electron chi connectivity index (χ0n) is 14.7. The standard InChI is InChI=1S/C12H14N4O.C7H9N/c1-8-7-9(13)3-4-10(8)15-12(17)11-5-6-14-16(11)2;1-6-4-2-3-5-7(6)8/h3-7H,13H2,1-2H3,(H,15,17);2-5H,8H2,1H3. The van der Waals surface area contributed by atoms with Gasteiger partial charge in [0.05, 0.1) is 0 Å². The fourth-order valence-electron chi connectivity index (χ4n) is 2.20. The quantitative estimate of drug-likeness (QED) is 0.626. The van der Waals surface area contributed by atoms with Crippen LogP contribution < -0.4 is 16.8 Å². The van der Waals surface area contributed by atoms with Crippen molar-refractivity contribution in [2.45, 2.75) is 13.8 Å². The van der Waals surface area contributed by atoms with Crippen LogP contribution in [-0.4, -0.2) is 15.7 Å². The van der Waals surface area contributed by atoms with E-state index in [4.69, 9.17) is 11.5 Å². The van der Waals surface area contributed by atoms with Crippen LogP contribution >= 0.6 is 0 Å². The van der Waals surface area contributed by atoms with E-state index in [9.17, 15) is 4.79 Å². The largest absolute Gasteiger partial charge is 0.399 e. The predicted molar refractivity (Wildman–Crippen MR) is 102 cm³/mol. The summed E-state index contributed by atoms with van der Waals surface area (Å²) in [6.07, 6.45) is 1.59. The van der Waals surface area contributed by atoms with E-state index in [1.54, 1.807) is 31.4 Å². The lowest BCUT2D eigenvalue weighted by atomic mass is 10.2. The number of hydrogen-bond acceptors (Lipinski definition) is 4. The van der Waals surface area contributed by atoms with Gasteiger partial charge in [0.15, 0.2) is 0 Å². The molecule has 0 bridgehead atoms. The molecule has 0 atom stereocenters. The number of benzene rings is 2. The highest BCUT2D eigenvalue weighted by Crippen LogP contribution is 2.18. The van der Waals surface area contributed by atoms with Crippen LogP contribution in [0.4, 0.5) is 17.1 Å². The summed E-state index contributed by atoms with van der Waals surface area (Å²) < 4.78 is 1.53. The molecular formula is C19H23N5O. The van der Waals surface area contributed by atoms with Crippen molar-refractivity contribution >= 4 is 23.0 Å². The van der Waals surface area contributed by atoms with E-state index in [0.717, 1.165) is 22.5 Å². The molecule has 0 aliphatic carbocycles. The smallest absolute Gasteiger partial charge is 0.273 e. The molecule has 3 rings (SSSR count). The van der Waals surface area contributed by atoms with Gasteiger partial charge in [0.25, 0.3) is 5.91 Å². The van der Waals surface area contributed by atoms with E-state index in [1.165, 1.54) is 4.68 Å². The highest BCUT2D eigenvalue weighted by molar-refractivity contribution is 6.03. The second-order valence-electron chi connectivity index (χ2n) is 5.73. The van der Waals surface area contributed by atoms with Gasteiger partial charge < -0.3 is 16.8 Å². The van der Waals surface area contributed by atoms with Crippen molar-refractivity contribution in [3.05, 3.63) is 71.5 Å². The lowest BCUT2D eigenvalue weighted by Crippen LogP contribution is -2.16. The molecule has 0 aliphatic rings. The van der Waals surface area contributed by atoms with Crippen LogP contribution in [0, 0.1) is 13.8 Å². The Morgan fingerprint density at radius 3 is 2.28 bits per heavy atom. The van der Waals surface area contributed by atoms with Crippen molar-refractivity contribution in [1.29, 1.82) is 0 Å². The first-order valence-electron chi connectivity index (χ1n) is 7.85. The Labute approximate surface area is 147 Å². The topological polar surface area (TPSA) is 99.0 Å². The number of aromatic nitrogens is 2. The van der Waals surface area contributed by atoms with Crippen molar-refractivity contribution in [3.8, 4) is 0 Å². The lowest BCUT2D eigenvalue weighted by molar-refractivity contribution is 0.101. The Morgan fingerprint density at radius 2 is 1.76 bits per heavy atom. The molecule has 2 aromatic carbocycles. The molecule has 25 heavy (non-hydrogen) atoms. The Kier molecular flexibility index (Phi) is 5.79.